The molecule has 0 aromatic rings. The van der Waals surface area contributed by atoms with Gasteiger partial charge in [-0.25, -0.2) is 0 Å². The first kappa shape index (κ1) is 11.5. The molecule has 0 aliphatic heterocycles. The predicted molar refractivity (Wildman–Crippen MR) is 57.0 cm³/mol. The number of nitrogens with two attached hydrogens (primary N) is 1. The standard InChI is InChI=1S/C10H21N3O/c1-12-10(14)3-2-7-13(8-6-11)9-4-5-9/h9H,2-8,11H2,1H3,(H,12,14). The summed E-state index contributed by atoms with van der Waals surface area (Å²) < 4.78 is 0. The van der Waals surface area contributed by atoms with Crippen molar-refractivity contribution < 1.29 is 4.79 Å². The Morgan fingerprint density at radius 3 is 2.71 bits per heavy atom. The van der Waals surface area contributed by atoms with Gasteiger partial charge in [0.1, 0.15) is 0 Å². The molecule has 0 heterocycles. The minimum atomic E-state index is 0.133. The molecule has 1 aliphatic rings. The van der Waals surface area contributed by atoms with Crippen molar-refractivity contribution >= 4 is 5.91 Å². The zero-order valence-electron chi connectivity index (χ0n) is 8.96. The van der Waals surface area contributed by atoms with Crippen LogP contribution in [0, 0.1) is 0 Å². The van der Waals surface area contributed by atoms with E-state index in [9.17, 15) is 4.79 Å². The minimum Gasteiger partial charge on any atom is -0.359 e. The zero-order chi connectivity index (χ0) is 10.4. The molecule has 0 aromatic heterocycles. The van der Waals surface area contributed by atoms with Gasteiger partial charge < -0.3 is 11.1 Å². The molecule has 0 spiro atoms. The highest BCUT2D eigenvalue weighted by molar-refractivity contribution is 5.75. The van der Waals surface area contributed by atoms with Crippen molar-refractivity contribution in [2.75, 3.05) is 26.7 Å². The highest BCUT2D eigenvalue weighted by Crippen LogP contribution is 2.26. The third-order valence-corrected chi connectivity index (χ3v) is 2.61. The van der Waals surface area contributed by atoms with E-state index >= 15 is 0 Å². The van der Waals surface area contributed by atoms with E-state index in [0.29, 0.717) is 6.42 Å². The average Bonchev–Trinajstić information content (AvgIpc) is 2.99. The van der Waals surface area contributed by atoms with Crippen LogP contribution >= 0.6 is 0 Å². The quantitative estimate of drug-likeness (QED) is 0.604. The van der Waals surface area contributed by atoms with E-state index in [1.165, 1.54) is 12.8 Å². The van der Waals surface area contributed by atoms with Gasteiger partial charge in [-0.1, -0.05) is 0 Å². The molecule has 0 saturated heterocycles. The van der Waals surface area contributed by atoms with E-state index in [-0.39, 0.29) is 5.91 Å². The summed E-state index contributed by atoms with van der Waals surface area (Å²) in [6, 6.07) is 0.753. The summed E-state index contributed by atoms with van der Waals surface area (Å²) in [5, 5.41) is 2.63. The van der Waals surface area contributed by atoms with Crippen LogP contribution in [0.4, 0.5) is 0 Å². The van der Waals surface area contributed by atoms with E-state index in [4.69, 9.17) is 5.73 Å². The minimum absolute atomic E-state index is 0.133. The number of carbonyl (C=O) groups is 1. The molecule has 0 atom stereocenters. The van der Waals surface area contributed by atoms with Crippen molar-refractivity contribution in [1.29, 1.82) is 0 Å². The summed E-state index contributed by atoms with van der Waals surface area (Å²) in [6.45, 7) is 2.70. The van der Waals surface area contributed by atoms with Crippen molar-refractivity contribution in [3.63, 3.8) is 0 Å². The molecule has 1 rings (SSSR count). The molecule has 1 saturated carbocycles. The molecule has 4 heteroatoms. The summed E-state index contributed by atoms with van der Waals surface area (Å²) in [4.78, 5) is 13.4. The number of hydrogen-bond donors (Lipinski definition) is 2. The summed E-state index contributed by atoms with van der Waals surface area (Å²) in [5.74, 6) is 0.133. The van der Waals surface area contributed by atoms with Crippen LogP contribution in [-0.2, 0) is 4.79 Å². The number of nitrogens with one attached hydrogen (secondary N) is 1. The summed E-state index contributed by atoms with van der Waals surface area (Å²) >= 11 is 0. The van der Waals surface area contributed by atoms with Crippen LogP contribution in [0.5, 0.6) is 0 Å². The van der Waals surface area contributed by atoms with Gasteiger partial charge in [0.25, 0.3) is 0 Å². The van der Waals surface area contributed by atoms with Crippen LogP contribution in [0.25, 0.3) is 0 Å². The molecule has 14 heavy (non-hydrogen) atoms. The molecule has 0 radical (unpaired) electrons. The van der Waals surface area contributed by atoms with Gasteiger partial charge in [-0.2, -0.15) is 0 Å². The number of carbonyl (C=O) groups excluding carboxylic acids is 1. The fourth-order valence-electron chi connectivity index (χ4n) is 1.65. The van der Waals surface area contributed by atoms with E-state index in [0.717, 1.165) is 32.1 Å². The Labute approximate surface area is 85.8 Å². The molecule has 0 unspecified atom stereocenters. The van der Waals surface area contributed by atoms with Gasteiger partial charge in [0.05, 0.1) is 0 Å². The van der Waals surface area contributed by atoms with Crippen molar-refractivity contribution in [2.24, 2.45) is 5.73 Å². The Bertz CT molecular complexity index is 180. The van der Waals surface area contributed by atoms with Crippen molar-refractivity contribution in [1.82, 2.24) is 10.2 Å². The molecule has 82 valence electrons. The second-order valence-corrected chi connectivity index (χ2v) is 3.83. The zero-order valence-corrected chi connectivity index (χ0v) is 8.96. The first-order valence-corrected chi connectivity index (χ1v) is 5.42. The van der Waals surface area contributed by atoms with Crippen LogP contribution in [0.2, 0.25) is 0 Å². The average molecular weight is 199 g/mol. The molecule has 3 N–H and O–H groups in total. The fourth-order valence-corrected chi connectivity index (χ4v) is 1.65. The third kappa shape index (κ3) is 4.07. The summed E-state index contributed by atoms with van der Waals surface area (Å²) in [7, 11) is 1.68. The highest BCUT2D eigenvalue weighted by Gasteiger charge is 2.27. The lowest BCUT2D eigenvalue weighted by atomic mass is 10.2. The Balaban J connectivity index is 2.10. The molecular weight excluding hydrogens is 178 g/mol. The number of amides is 1. The molecule has 1 amide bonds. The van der Waals surface area contributed by atoms with Crippen LogP contribution in [0.3, 0.4) is 0 Å². The fraction of sp³-hybridized carbons (Fsp3) is 0.900. The smallest absolute Gasteiger partial charge is 0.219 e. The number of nitrogens with zero attached hydrogens (tertiary/aromatic N) is 1. The lowest BCUT2D eigenvalue weighted by Crippen LogP contribution is -2.33. The van der Waals surface area contributed by atoms with Crippen molar-refractivity contribution in [2.45, 2.75) is 31.7 Å². The topological polar surface area (TPSA) is 58.4 Å². The van der Waals surface area contributed by atoms with Gasteiger partial charge in [-0.15, -0.1) is 0 Å². The first-order valence-electron chi connectivity index (χ1n) is 5.42. The van der Waals surface area contributed by atoms with Gasteiger partial charge >= 0.3 is 0 Å². The number of hydrogen-bond acceptors (Lipinski definition) is 3. The normalized spacial score (nSPS) is 15.9. The van der Waals surface area contributed by atoms with Gasteiger partial charge in [0.2, 0.25) is 5.91 Å². The van der Waals surface area contributed by atoms with Gasteiger partial charge in [0, 0.05) is 32.6 Å². The number of rotatable bonds is 7. The SMILES string of the molecule is CNC(=O)CCCN(CCN)C1CC1. The Kier molecular flexibility index (Phi) is 4.90. The van der Waals surface area contributed by atoms with Crippen molar-refractivity contribution in [3.8, 4) is 0 Å². The Hall–Kier alpha value is -0.610. The van der Waals surface area contributed by atoms with E-state index < -0.39 is 0 Å². The monoisotopic (exact) mass is 199 g/mol. The molecule has 4 nitrogen and oxygen atoms in total. The molecule has 1 aliphatic carbocycles. The molecule has 1 fully saturated rings. The van der Waals surface area contributed by atoms with Gasteiger partial charge in [0.15, 0.2) is 0 Å². The van der Waals surface area contributed by atoms with Crippen molar-refractivity contribution in [3.05, 3.63) is 0 Å². The maximum Gasteiger partial charge on any atom is 0.219 e. The molecule has 0 bridgehead atoms. The first-order chi connectivity index (χ1) is 6.77. The van der Waals surface area contributed by atoms with Gasteiger partial charge in [-0.3, -0.25) is 9.69 Å². The second kappa shape index (κ2) is 5.98. The maximum atomic E-state index is 11.0. The van der Waals surface area contributed by atoms with Crippen LogP contribution in [-0.4, -0.2) is 43.5 Å². The van der Waals surface area contributed by atoms with E-state index in [1.807, 2.05) is 0 Å². The van der Waals surface area contributed by atoms with Crippen LogP contribution in [0.15, 0.2) is 0 Å². The third-order valence-electron chi connectivity index (χ3n) is 2.61. The Morgan fingerprint density at radius 2 is 2.21 bits per heavy atom. The molecular formula is C10H21N3O. The van der Waals surface area contributed by atoms with Crippen LogP contribution in [0.1, 0.15) is 25.7 Å². The summed E-state index contributed by atoms with van der Waals surface area (Å²) in [5.41, 5.74) is 5.53. The maximum absolute atomic E-state index is 11.0. The van der Waals surface area contributed by atoms with E-state index in [2.05, 4.69) is 10.2 Å². The molecule has 0 aromatic carbocycles. The largest absolute Gasteiger partial charge is 0.359 e. The lowest BCUT2D eigenvalue weighted by Gasteiger charge is -2.20. The second-order valence-electron chi connectivity index (χ2n) is 3.83. The Morgan fingerprint density at radius 1 is 1.50 bits per heavy atom. The summed E-state index contributed by atoms with van der Waals surface area (Å²) in [6.07, 6.45) is 4.18. The van der Waals surface area contributed by atoms with Crippen LogP contribution < -0.4 is 11.1 Å². The van der Waals surface area contributed by atoms with Gasteiger partial charge in [-0.05, 0) is 25.8 Å². The predicted octanol–water partition coefficient (Wildman–Crippen LogP) is -0.0643. The lowest BCUT2D eigenvalue weighted by molar-refractivity contribution is -0.120. The highest BCUT2D eigenvalue weighted by atomic mass is 16.1. The van der Waals surface area contributed by atoms with E-state index in [1.54, 1.807) is 7.05 Å².